The van der Waals surface area contributed by atoms with Crippen LogP contribution in [0.25, 0.3) is 11.1 Å². The van der Waals surface area contributed by atoms with E-state index >= 15 is 0 Å². The van der Waals surface area contributed by atoms with Gasteiger partial charge in [0, 0.05) is 19.5 Å². The van der Waals surface area contributed by atoms with E-state index < -0.39 is 23.7 Å². The predicted octanol–water partition coefficient (Wildman–Crippen LogP) is 3.70. The summed E-state index contributed by atoms with van der Waals surface area (Å²) >= 11 is 5.06. The van der Waals surface area contributed by atoms with Crippen LogP contribution in [0.4, 0.5) is 4.79 Å². The number of nitrogens with two attached hydrogens (primary N) is 1. The highest BCUT2D eigenvalue weighted by molar-refractivity contribution is 7.80. The highest BCUT2D eigenvalue weighted by Gasteiger charge is 2.22. The lowest BCUT2D eigenvalue weighted by Gasteiger charge is -2.20. The van der Waals surface area contributed by atoms with Crippen LogP contribution in [0.1, 0.15) is 63.1 Å². The van der Waals surface area contributed by atoms with Gasteiger partial charge < -0.3 is 25.8 Å². The van der Waals surface area contributed by atoms with Gasteiger partial charge in [0.05, 0.1) is 0 Å². The number of thiocarbonyl (C=S) groups is 1. The van der Waals surface area contributed by atoms with Gasteiger partial charge in [0.25, 0.3) is 0 Å². The molecule has 2 aromatic rings. The van der Waals surface area contributed by atoms with E-state index in [1.165, 1.54) is 16.7 Å². The number of alkyl carbamates (subject to hydrolysis) is 1. The van der Waals surface area contributed by atoms with Gasteiger partial charge >= 0.3 is 12.1 Å². The van der Waals surface area contributed by atoms with Crippen LogP contribution in [-0.2, 0) is 32.1 Å². The minimum absolute atomic E-state index is 0.131. The first-order valence-electron chi connectivity index (χ1n) is 13.2. The molecule has 1 atom stereocenters. The smallest absolute Gasteiger partial charge is 0.413 e. The second kappa shape index (κ2) is 14.0. The van der Waals surface area contributed by atoms with Gasteiger partial charge in [0.2, 0.25) is 5.91 Å². The molecule has 1 unspecified atom stereocenters. The average molecular weight is 555 g/mol. The topological polar surface area (TPSA) is 132 Å². The number of carbonyl (C=O) groups excluding carboxylic acids is 3. The lowest BCUT2D eigenvalue weighted by atomic mass is 10.00. The highest BCUT2D eigenvalue weighted by Crippen LogP contribution is 2.39. The van der Waals surface area contributed by atoms with Crippen LogP contribution in [0.5, 0.6) is 0 Å². The molecule has 0 spiro atoms. The fourth-order valence-electron chi connectivity index (χ4n) is 4.26. The van der Waals surface area contributed by atoms with Crippen molar-refractivity contribution in [2.45, 2.75) is 71.1 Å². The van der Waals surface area contributed by atoms with E-state index in [1.54, 1.807) is 20.8 Å². The molecule has 0 aromatic heterocycles. The van der Waals surface area contributed by atoms with Gasteiger partial charge in [-0.2, -0.15) is 0 Å². The van der Waals surface area contributed by atoms with Gasteiger partial charge in [-0.05, 0) is 86.5 Å². The van der Waals surface area contributed by atoms with E-state index in [0.717, 1.165) is 24.0 Å². The molecular weight excluding hydrogens is 516 g/mol. The molecule has 5 N–H and O–H groups in total. The van der Waals surface area contributed by atoms with E-state index in [2.05, 4.69) is 34.1 Å². The number of amides is 2. The molecule has 0 saturated carbocycles. The van der Waals surface area contributed by atoms with E-state index in [0.29, 0.717) is 19.5 Å². The summed E-state index contributed by atoms with van der Waals surface area (Å²) in [6.07, 6.45) is 2.04. The molecule has 0 aliphatic heterocycles. The molecule has 210 valence electrons. The minimum atomic E-state index is -0.873. The zero-order valence-electron chi connectivity index (χ0n) is 22.8. The van der Waals surface area contributed by atoms with Gasteiger partial charge in [-0.3, -0.25) is 14.9 Å². The summed E-state index contributed by atoms with van der Waals surface area (Å²) in [6, 6.07) is 13.4. The first-order valence-corrected chi connectivity index (χ1v) is 13.6. The van der Waals surface area contributed by atoms with Crippen LogP contribution in [0.3, 0.4) is 0 Å². The molecular formula is C29H38N4O5S. The molecule has 1 aliphatic carbocycles. The van der Waals surface area contributed by atoms with Gasteiger partial charge in [-0.25, -0.2) is 4.79 Å². The Morgan fingerprint density at radius 1 is 1.00 bits per heavy atom. The second-order valence-corrected chi connectivity index (χ2v) is 10.9. The fourth-order valence-corrected chi connectivity index (χ4v) is 4.44. The van der Waals surface area contributed by atoms with Gasteiger partial charge in [-0.1, -0.05) is 42.5 Å². The Labute approximate surface area is 235 Å². The number of benzene rings is 2. The van der Waals surface area contributed by atoms with E-state index in [-0.39, 0.29) is 30.5 Å². The molecule has 9 nitrogen and oxygen atoms in total. The van der Waals surface area contributed by atoms with E-state index in [4.69, 9.17) is 27.4 Å². The van der Waals surface area contributed by atoms with Crippen LogP contribution in [0, 0.1) is 0 Å². The number of hydrogen-bond acceptors (Lipinski definition) is 7. The summed E-state index contributed by atoms with van der Waals surface area (Å²) in [5, 5.41) is 8.39. The van der Waals surface area contributed by atoms with Crippen molar-refractivity contribution >= 4 is 35.3 Å². The van der Waals surface area contributed by atoms with Crippen LogP contribution in [-0.4, -0.2) is 47.8 Å². The van der Waals surface area contributed by atoms with Crippen molar-refractivity contribution in [3.8, 4) is 11.1 Å². The third-order valence-corrected chi connectivity index (χ3v) is 6.33. The van der Waals surface area contributed by atoms with Crippen LogP contribution in [0.2, 0.25) is 0 Å². The summed E-state index contributed by atoms with van der Waals surface area (Å²) in [7, 11) is 0. The predicted molar refractivity (Wildman–Crippen MR) is 154 cm³/mol. The number of ether oxygens (including phenoxy) is 2. The van der Waals surface area contributed by atoms with Crippen molar-refractivity contribution in [3.05, 3.63) is 59.2 Å². The third kappa shape index (κ3) is 9.63. The third-order valence-electron chi connectivity index (χ3n) is 6.09. The Bertz CT molecular complexity index is 1190. The Morgan fingerprint density at radius 2 is 1.69 bits per heavy atom. The molecule has 0 bridgehead atoms. The number of carbonyl (C=O) groups is 3. The number of unbranched alkanes of at least 4 members (excludes halogenated alkanes) is 1. The largest absolute Gasteiger partial charge is 0.460 e. The summed E-state index contributed by atoms with van der Waals surface area (Å²) in [6.45, 7) is 6.47. The van der Waals surface area contributed by atoms with Gasteiger partial charge in [0.15, 0.2) is 5.11 Å². The highest BCUT2D eigenvalue weighted by atomic mass is 32.1. The molecule has 1 aliphatic rings. The first-order chi connectivity index (χ1) is 18.5. The fraction of sp³-hybridized carbons (Fsp3) is 0.448. The molecule has 39 heavy (non-hydrogen) atoms. The monoisotopic (exact) mass is 554 g/mol. The standard InChI is InChI=1S/C29H38N4O5S/c1-29(2,3)38-28(36)33-27(39)32-16-7-6-15-31-24(34)14-13-23(30)26(35)37-18-21-11-8-10-20-17-19-9-4-5-12-22(19)25(20)21/h4-5,8-12,23H,6-7,13-18,30H2,1-3H3,(H,31,34)(H2,32,33,36,39). The van der Waals surface area contributed by atoms with Crippen molar-refractivity contribution in [1.82, 2.24) is 16.0 Å². The van der Waals surface area contributed by atoms with Gasteiger partial charge in [0.1, 0.15) is 18.2 Å². The zero-order valence-corrected chi connectivity index (χ0v) is 23.6. The van der Waals surface area contributed by atoms with E-state index in [1.807, 2.05) is 24.3 Å². The maximum absolute atomic E-state index is 12.5. The number of hydrogen-bond donors (Lipinski definition) is 4. The molecule has 0 saturated heterocycles. The molecule has 10 heteroatoms. The molecule has 0 heterocycles. The van der Waals surface area contributed by atoms with Crippen LogP contribution < -0.4 is 21.7 Å². The quantitative estimate of drug-likeness (QED) is 0.160. The lowest BCUT2D eigenvalue weighted by molar-refractivity contribution is -0.146. The molecule has 3 rings (SSSR count). The number of nitrogens with one attached hydrogen (secondary N) is 3. The van der Waals surface area contributed by atoms with Crippen molar-refractivity contribution in [2.24, 2.45) is 5.73 Å². The van der Waals surface area contributed by atoms with Crippen molar-refractivity contribution in [1.29, 1.82) is 0 Å². The first kappa shape index (κ1) is 30.0. The summed E-state index contributed by atoms with van der Waals surface area (Å²) in [4.78, 5) is 36.3. The molecule has 2 aromatic carbocycles. The van der Waals surface area contributed by atoms with Crippen molar-refractivity contribution in [2.75, 3.05) is 13.1 Å². The Morgan fingerprint density at radius 3 is 2.44 bits per heavy atom. The maximum Gasteiger partial charge on any atom is 0.413 e. The van der Waals surface area contributed by atoms with Crippen molar-refractivity contribution < 1.29 is 23.9 Å². The zero-order chi connectivity index (χ0) is 28.4. The molecule has 0 fully saturated rings. The lowest BCUT2D eigenvalue weighted by Crippen LogP contribution is -2.42. The summed E-state index contributed by atoms with van der Waals surface area (Å²) < 4.78 is 10.6. The van der Waals surface area contributed by atoms with E-state index in [9.17, 15) is 14.4 Å². The normalized spacial score (nSPS) is 12.5. The summed E-state index contributed by atoms with van der Waals surface area (Å²) in [5.41, 5.74) is 11.1. The van der Waals surface area contributed by atoms with Crippen molar-refractivity contribution in [3.63, 3.8) is 0 Å². The molecule has 2 amide bonds. The Kier molecular flexibility index (Phi) is 10.8. The Balaban J connectivity index is 1.28. The van der Waals surface area contributed by atoms with Crippen LogP contribution >= 0.6 is 12.2 Å². The average Bonchev–Trinajstić information content (AvgIpc) is 3.26. The number of fused-ring (bicyclic) bond motifs is 3. The number of esters is 1. The maximum atomic E-state index is 12.5. The second-order valence-electron chi connectivity index (χ2n) is 10.5. The summed E-state index contributed by atoms with van der Waals surface area (Å²) in [5.74, 6) is -0.695. The Hall–Kier alpha value is -3.50. The van der Waals surface area contributed by atoms with Gasteiger partial charge in [-0.15, -0.1) is 0 Å². The molecule has 0 radical (unpaired) electrons. The van der Waals surface area contributed by atoms with Crippen LogP contribution in [0.15, 0.2) is 42.5 Å². The SMILES string of the molecule is CC(C)(C)OC(=O)NC(=S)NCCCCNC(=O)CCC(N)C(=O)OCc1cccc2c1-c1ccccc1C2. The minimum Gasteiger partial charge on any atom is -0.460 e. The number of rotatable bonds is 11.